The third kappa shape index (κ3) is 4.80. The van der Waals surface area contributed by atoms with E-state index in [0.717, 1.165) is 10.5 Å². The molecule has 0 aromatic heterocycles. The van der Waals surface area contributed by atoms with E-state index in [0.29, 0.717) is 13.1 Å². The number of nitrogens with one attached hydrogen (secondary N) is 2. The Hall–Kier alpha value is -2.91. The van der Waals surface area contributed by atoms with Gasteiger partial charge in [-0.1, -0.05) is 91.0 Å². The van der Waals surface area contributed by atoms with E-state index in [1.807, 2.05) is 66.7 Å². The second kappa shape index (κ2) is 8.97. The highest BCUT2D eigenvalue weighted by molar-refractivity contribution is 5.76. The van der Waals surface area contributed by atoms with Crippen LogP contribution in [0.4, 0.5) is 0 Å². The van der Waals surface area contributed by atoms with Gasteiger partial charge in [-0.15, -0.1) is 0 Å². The summed E-state index contributed by atoms with van der Waals surface area (Å²) in [5.74, 6) is 0.0585. The lowest BCUT2D eigenvalue weighted by atomic mass is 9.97. The summed E-state index contributed by atoms with van der Waals surface area (Å²) in [6, 6.07) is 30.9. The molecule has 1 atom stereocenters. The molecule has 0 heterocycles. The largest absolute Gasteiger partial charge is 0.347 e. The van der Waals surface area contributed by atoms with Gasteiger partial charge in [-0.05, 0) is 5.56 Å². The first-order chi connectivity index (χ1) is 12.7. The zero-order chi connectivity index (χ0) is 18.2. The quantitative estimate of drug-likeness (QED) is 0.678. The van der Waals surface area contributed by atoms with Crippen LogP contribution in [0.3, 0.4) is 0 Å². The first kappa shape index (κ1) is 17.9. The van der Waals surface area contributed by atoms with Gasteiger partial charge in [0.15, 0.2) is 6.54 Å². The number of carbonyl (C=O) groups is 1. The number of hydrogen-bond acceptors (Lipinski definition) is 1. The molecule has 0 aliphatic rings. The summed E-state index contributed by atoms with van der Waals surface area (Å²) in [4.78, 5) is 13.6. The van der Waals surface area contributed by atoms with E-state index >= 15 is 0 Å². The minimum Gasteiger partial charge on any atom is -0.347 e. The maximum Gasteiger partial charge on any atom is 0.275 e. The van der Waals surface area contributed by atoms with Gasteiger partial charge < -0.3 is 10.2 Å². The van der Waals surface area contributed by atoms with E-state index < -0.39 is 0 Å². The molecule has 26 heavy (non-hydrogen) atoms. The van der Waals surface area contributed by atoms with Gasteiger partial charge in [0.25, 0.3) is 5.91 Å². The van der Waals surface area contributed by atoms with Crippen molar-refractivity contribution in [1.82, 2.24) is 5.32 Å². The molecular weight excluding hydrogens is 320 g/mol. The Bertz CT molecular complexity index is 764. The average Bonchev–Trinajstić information content (AvgIpc) is 2.69. The standard InChI is InChI=1S/C23H24N2O/c1-25(18-22(26)24-17-19-11-5-2-6-12-19)23(20-13-7-3-8-14-20)21-15-9-4-10-16-21/h2-16,23H,17-18H2,1H3,(H,24,26)/p+1. The monoisotopic (exact) mass is 345 g/mol. The molecular formula is C23H25N2O+. The number of benzene rings is 3. The third-order valence-electron chi connectivity index (χ3n) is 4.53. The van der Waals surface area contributed by atoms with Crippen molar-refractivity contribution in [1.29, 1.82) is 0 Å². The molecule has 0 saturated heterocycles. The van der Waals surface area contributed by atoms with Crippen LogP contribution in [-0.2, 0) is 11.3 Å². The Kier molecular flexibility index (Phi) is 6.18. The predicted molar refractivity (Wildman–Crippen MR) is 105 cm³/mol. The Morgan fingerprint density at radius 3 is 1.77 bits per heavy atom. The summed E-state index contributed by atoms with van der Waals surface area (Å²) in [7, 11) is 2.08. The minimum absolute atomic E-state index is 0.0585. The van der Waals surface area contributed by atoms with Crippen molar-refractivity contribution in [2.75, 3.05) is 13.6 Å². The second-order valence-electron chi connectivity index (χ2n) is 6.54. The summed E-state index contributed by atoms with van der Waals surface area (Å²) in [6.07, 6.45) is 0. The van der Waals surface area contributed by atoms with E-state index in [1.54, 1.807) is 0 Å². The first-order valence-electron chi connectivity index (χ1n) is 8.97. The molecule has 3 heteroatoms. The number of likely N-dealkylation sites (N-methyl/N-ethyl adjacent to an activating group) is 1. The number of carbonyl (C=O) groups excluding carboxylic acids is 1. The lowest BCUT2D eigenvalue weighted by Crippen LogP contribution is -3.10. The predicted octanol–water partition coefficient (Wildman–Crippen LogP) is 2.61. The molecule has 1 unspecified atom stereocenters. The average molecular weight is 345 g/mol. The van der Waals surface area contributed by atoms with Crippen molar-refractivity contribution in [3.63, 3.8) is 0 Å². The van der Waals surface area contributed by atoms with E-state index in [1.165, 1.54) is 11.1 Å². The van der Waals surface area contributed by atoms with Crippen molar-refractivity contribution in [2.45, 2.75) is 12.6 Å². The fourth-order valence-corrected chi connectivity index (χ4v) is 3.27. The molecule has 3 aromatic rings. The van der Waals surface area contributed by atoms with Crippen molar-refractivity contribution < 1.29 is 9.69 Å². The normalized spacial score (nSPS) is 11.9. The molecule has 0 aliphatic heterocycles. The highest BCUT2D eigenvalue weighted by Gasteiger charge is 2.24. The van der Waals surface area contributed by atoms with Crippen LogP contribution in [-0.4, -0.2) is 19.5 Å². The van der Waals surface area contributed by atoms with Crippen LogP contribution in [0.2, 0.25) is 0 Å². The van der Waals surface area contributed by atoms with Gasteiger partial charge in [0.05, 0.1) is 7.05 Å². The van der Waals surface area contributed by atoms with E-state index in [2.05, 4.69) is 36.6 Å². The van der Waals surface area contributed by atoms with Crippen LogP contribution in [0.15, 0.2) is 91.0 Å². The van der Waals surface area contributed by atoms with Crippen LogP contribution in [0, 0.1) is 0 Å². The first-order valence-corrected chi connectivity index (χ1v) is 8.97. The maximum atomic E-state index is 12.5. The van der Waals surface area contributed by atoms with Gasteiger partial charge in [0, 0.05) is 17.7 Å². The minimum atomic E-state index is 0.0585. The lowest BCUT2D eigenvalue weighted by molar-refractivity contribution is -0.898. The molecule has 0 saturated carbocycles. The van der Waals surface area contributed by atoms with Gasteiger partial charge in [0.1, 0.15) is 6.04 Å². The van der Waals surface area contributed by atoms with Crippen LogP contribution in [0.1, 0.15) is 22.7 Å². The SMILES string of the molecule is C[NH+](CC(=O)NCc1ccccc1)C(c1ccccc1)c1ccccc1. The summed E-state index contributed by atoms with van der Waals surface area (Å²) < 4.78 is 0. The smallest absolute Gasteiger partial charge is 0.275 e. The highest BCUT2D eigenvalue weighted by Crippen LogP contribution is 2.18. The molecule has 0 bridgehead atoms. The number of hydrogen-bond donors (Lipinski definition) is 2. The molecule has 0 spiro atoms. The molecule has 2 N–H and O–H groups in total. The van der Waals surface area contributed by atoms with E-state index in [9.17, 15) is 4.79 Å². The van der Waals surface area contributed by atoms with Crippen molar-refractivity contribution in [2.24, 2.45) is 0 Å². The molecule has 1 amide bonds. The number of amides is 1. The zero-order valence-electron chi connectivity index (χ0n) is 15.1. The zero-order valence-corrected chi connectivity index (χ0v) is 15.1. The van der Waals surface area contributed by atoms with Gasteiger partial charge >= 0.3 is 0 Å². The Morgan fingerprint density at radius 1 is 0.808 bits per heavy atom. The second-order valence-corrected chi connectivity index (χ2v) is 6.54. The van der Waals surface area contributed by atoms with Crippen molar-refractivity contribution >= 4 is 5.91 Å². The maximum absolute atomic E-state index is 12.5. The van der Waals surface area contributed by atoms with Crippen LogP contribution >= 0.6 is 0 Å². The van der Waals surface area contributed by atoms with Gasteiger partial charge in [-0.3, -0.25) is 4.79 Å². The van der Waals surface area contributed by atoms with Crippen LogP contribution in [0.25, 0.3) is 0 Å². The van der Waals surface area contributed by atoms with Gasteiger partial charge in [-0.25, -0.2) is 0 Å². The third-order valence-corrected chi connectivity index (χ3v) is 4.53. The summed E-state index contributed by atoms with van der Waals surface area (Å²) >= 11 is 0. The lowest BCUT2D eigenvalue weighted by Gasteiger charge is -2.25. The molecule has 0 aliphatic carbocycles. The molecule has 3 rings (SSSR count). The summed E-state index contributed by atoms with van der Waals surface area (Å²) in [5.41, 5.74) is 3.54. The molecule has 0 radical (unpaired) electrons. The van der Waals surface area contributed by atoms with Crippen LogP contribution in [0.5, 0.6) is 0 Å². The summed E-state index contributed by atoms with van der Waals surface area (Å²) in [5, 5.41) is 3.03. The fraction of sp³-hybridized carbons (Fsp3) is 0.174. The Labute approximate surface area is 155 Å². The van der Waals surface area contributed by atoms with Gasteiger partial charge in [0.2, 0.25) is 0 Å². The van der Waals surface area contributed by atoms with Gasteiger partial charge in [-0.2, -0.15) is 0 Å². The molecule has 3 aromatic carbocycles. The molecule has 132 valence electrons. The molecule has 3 nitrogen and oxygen atoms in total. The topological polar surface area (TPSA) is 33.5 Å². The van der Waals surface area contributed by atoms with Crippen molar-refractivity contribution in [3.8, 4) is 0 Å². The fourth-order valence-electron chi connectivity index (χ4n) is 3.27. The number of rotatable bonds is 7. The van der Waals surface area contributed by atoms with E-state index in [4.69, 9.17) is 0 Å². The molecule has 0 fully saturated rings. The summed E-state index contributed by atoms with van der Waals surface area (Å²) in [6.45, 7) is 0.982. The van der Waals surface area contributed by atoms with Crippen LogP contribution < -0.4 is 10.2 Å². The number of quaternary nitrogens is 1. The highest BCUT2D eigenvalue weighted by atomic mass is 16.2. The van der Waals surface area contributed by atoms with Crippen molar-refractivity contribution in [3.05, 3.63) is 108 Å². The Balaban J connectivity index is 1.69. The Morgan fingerprint density at radius 2 is 1.27 bits per heavy atom. The van der Waals surface area contributed by atoms with E-state index in [-0.39, 0.29) is 11.9 Å².